The lowest BCUT2D eigenvalue weighted by Gasteiger charge is -2.07. The highest BCUT2D eigenvalue weighted by Crippen LogP contribution is 2.04. The molecule has 1 aromatic rings. The first-order valence-electron chi connectivity index (χ1n) is 4.57. The highest BCUT2D eigenvalue weighted by atomic mass is 16.5. The van der Waals surface area contributed by atoms with E-state index in [0.717, 1.165) is 5.56 Å². The second kappa shape index (κ2) is 4.77. The van der Waals surface area contributed by atoms with Gasteiger partial charge in [-0.1, -0.05) is 29.8 Å². The van der Waals surface area contributed by atoms with Crippen LogP contribution in [0.1, 0.15) is 18.1 Å². The Morgan fingerprint density at radius 3 is 2.50 bits per heavy atom. The molecular weight excluding hydrogens is 178 g/mol. The number of aryl methyl sites for hydroxylation is 1. The highest BCUT2D eigenvalue weighted by molar-refractivity contribution is 5.74. The number of esters is 1. The predicted molar refractivity (Wildman–Crippen MR) is 54.6 cm³/mol. The standard InChI is InChI=1S/C11H15NO2/c1-8-3-5-10(6-4-8)7-14-11(13)9(2)12/h3-6,9H,7,12H2,1-2H3. The van der Waals surface area contributed by atoms with Crippen LogP contribution < -0.4 is 5.73 Å². The van der Waals surface area contributed by atoms with E-state index in [9.17, 15) is 4.79 Å². The fourth-order valence-corrected chi connectivity index (χ4v) is 0.970. The third-order valence-electron chi connectivity index (χ3n) is 1.87. The van der Waals surface area contributed by atoms with Crippen molar-refractivity contribution in [1.29, 1.82) is 0 Å². The van der Waals surface area contributed by atoms with Gasteiger partial charge < -0.3 is 10.5 Å². The van der Waals surface area contributed by atoms with Gasteiger partial charge in [-0.25, -0.2) is 0 Å². The molecule has 0 spiro atoms. The van der Waals surface area contributed by atoms with Crippen LogP contribution in [-0.4, -0.2) is 12.0 Å². The summed E-state index contributed by atoms with van der Waals surface area (Å²) in [6, 6.07) is 7.28. The molecule has 14 heavy (non-hydrogen) atoms. The second-order valence-electron chi connectivity index (χ2n) is 3.38. The average molecular weight is 193 g/mol. The molecule has 0 heterocycles. The lowest BCUT2D eigenvalue weighted by Crippen LogP contribution is -2.28. The smallest absolute Gasteiger partial charge is 0.322 e. The van der Waals surface area contributed by atoms with E-state index >= 15 is 0 Å². The van der Waals surface area contributed by atoms with E-state index < -0.39 is 6.04 Å². The van der Waals surface area contributed by atoms with Crippen LogP contribution in [0.4, 0.5) is 0 Å². The monoisotopic (exact) mass is 193 g/mol. The summed E-state index contributed by atoms with van der Waals surface area (Å²) in [5.74, 6) is -0.370. The van der Waals surface area contributed by atoms with Crippen LogP contribution in [0.25, 0.3) is 0 Å². The summed E-state index contributed by atoms with van der Waals surface area (Å²) < 4.78 is 4.97. The molecule has 0 aliphatic rings. The summed E-state index contributed by atoms with van der Waals surface area (Å²) in [6.07, 6.45) is 0. The van der Waals surface area contributed by atoms with Gasteiger partial charge >= 0.3 is 5.97 Å². The summed E-state index contributed by atoms with van der Waals surface area (Å²) in [5.41, 5.74) is 7.51. The zero-order chi connectivity index (χ0) is 10.6. The van der Waals surface area contributed by atoms with Gasteiger partial charge in [0.1, 0.15) is 12.6 Å². The third-order valence-corrected chi connectivity index (χ3v) is 1.87. The molecule has 0 amide bonds. The number of nitrogens with two attached hydrogens (primary N) is 1. The Labute approximate surface area is 83.9 Å². The Bertz CT molecular complexity index is 304. The summed E-state index contributed by atoms with van der Waals surface area (Å²) in [7, 11) is 0. The van der Waals surface area contributed by atoms with Crippen molar-refractivity contribution in [1.82, 2.24) is 0 Å². The van der Waals surface area contributed by atoms with Crippen LogP contribution in [0.3, 0.4) is 0 Å². The molecule has 3 nitrogen and oxygen atoms in total. The number of hydrogen-bond donors (Lipinski definition) is 1. The van der Waals surface area contributed by atoms with Crippen molar-refractivity contribution in [3.63, 3.8) is 0 Å². The van der Waals surface area contributed by atoms with Gasteiger partial charge in [0.05, 0.1) is 0 Å². The number of hydrogen-bond acceptors (Lipinski definition) is 3. The number of carbonyl (C=O) groups is 1. The maximum Gasteiger partial charge on any atom is 0.322 e. The minimum absolute atomic E-state index is 0.292. The van der Waals surface area contributed by atoms with E-state index in [1.807, 2.05) is 31.2 Å². The van der Waals surface area contributed by atoms with Crippen molar-refractivity contribution in [2.24, 2.45) is 5.73 Å². The summed E-state index contributed by atoms with van der Waals surface area (Å²) >= 11 is 0. The van der Waals surface area contributed by atoms with Crippen molar-refractivity contribution in [2.45, 2.75) is 26.5 Å². The van der Waals surface area contributed by atoms with E-state index in [0.29, 0.717) is 6.61 Å². The second-order valence-corrected chi connectivity index (χ2v) is 3.38. The topological polar surface area (TPSA) is 52.3 Å². The zero-order valence-electron chi connectivity index (χ0n) is 8.49. The van der Waals surface area contributed by atoms with Gasteiger partial charge in [0, 0.05) is 0 Å². The van der Waals surface area contributed by atoms with Crippen LogP contribution in [0, 0.1) is 6.92 Å². The summed E-state index contributed by atoms with van der Waals surface area (Å²) in [5, 5.41) is 0. The number of carbonyl (C=O) groups excluding carboxylic acids is 1. The van der Waals surface area contributed by atoms with Crippen LogP contribution in [0.5, 0.6) is 0 Å². The number of rotatable bonds is 3. The normalized spacial score (nSPS) is 12.2. The van der Waals surface area contributed by atoms with E-state index in [1.165, 1.54) is 5.56 Å². The average Bonchev–Trinajstić information content (AvgIpc) is 2.16. The first-order valence-corrected chi connectivity index (χ1v) is 4.57. The minimum Gasteiger partial charge on any atom is -0.460 e. The molecule has 0 aliphatic heterocycles. The maximum absolute atomic E-state index is 11.0. The Kier molecular flexibility index (Phi) is 3.65. The molecule has 3 heteroatoms. The molecule has 0 fully saturated rings. The largest absolute Gasteiger partial charge is 0.460 e. The van der Waals surface area contributed by atoms with E-state index in [4.69, 9.17) is 10.5 Å². The van der Waals surface area contributed by atoms with Gasteiger partial charge in [-0.3, -0.25) is 4.79 Å². The van der Waals surface area contributed by atoms with Crippen LogP contribution in [0.2, 0.25) is 0 Å². The van der Waals surface area contributed by atoms with Crippen LogP contribution >= 0.6 is 0 Å². The number of benzene rings is 1. The first kappa shape index (κ1) is 10.7. The van der Waals surface area contributed by atoms with Crippen molar-refractivity contribution in [3.8, 4) is 0 Å². The van der Waals surface area contributed by atoms with Gasteiger partial charge in [0.2, 0.25) is 0 Å². The van der Waals surface area contributed by atoms with Crippen molar-refractivity contribution >= 4 is 5.97 Å². The van der Waals surface area contributed by atoms with Crippen LogP contribution in [0.15, 0.2) is 24.3 Å². The molecule has 0 bridgehead atoms. The molecule has 1 atom stereocenters. The van der Waals surface area contributed by atoms with E-state index in [2.05, 4.69) is 0 Å². The number of ether oxygens (including phenoxy) is 1. The molecule has 1 rings (SSSR count). The molecule has 2 N–H and O–H groups in total. The predicted octanol–water partition coefficient (Wildman–Crippen LogP) is 1.39. The van der Waals surface area contributed by atoms with Gasteiger partial charge in [0.15, 0.2) is 0 Å². The quantitative estimate of drug-likeness (QED) is 0.738. The molecule has 0 saturated heterocycles. The third kappa shape index (κ3) is 3.18. The Morgan fingerprint density at radius 2 is 2.00 bits per heavy atom. The molecule has 0 aromatic heterocycles. The fraction of sp³-hybridized carbons (Fsp3) is 0.364. The maximum atomic E-state index is 11.0. The van der Waals surface area contributed by atoms with Gasteiger partial charge in [-0.05, 0) is 19.4 Å². The van der Waals surface area contributed by atoms with Gasteiger partial charge in [-0.15, -0.1) is 0 Å². The Morgan fingerprint density at radius 1 is 1.43 bits per heavy atom. The van der Waals surface area contributed by atoms with Crippen molar-refractivity contribution in [2.75, 3.05) is 0 Å². The highest BCUT2D eigenvalue weighted by Gasteiger charge is 2.08. The van der Waals surface area contributed by atoms with Crippen LogP contribution in [-0.2, 0) is 16.1 Å². The lowest BCUT2D eigenvalue weighted by molar-refractivity contribution is -0.146. The van der Waals surface area contributed by atoms with E-state index in [-0.39, 0.29) is 5.97 Å². The minimum atomic E-state index is -0.555. The molecule has 1 aromatic carbocycles. The first-order chi connectivity index (χ1) is 6.59. The summed E-state index contributed by atoms with van der Waals surface area (Å²) in [6.45, 7) is 3.91. The van der Waals surface area contributed by atoms with E-state index in [1.54, 1.807) is 6.92 Å². The summed E-state index contributed by atoms with van der Waals surface area (Å²) in [4.78, 5) is 11.0. The Balaban J connectivity index is 2.46. The fourth-order valence-electron chi connectivity index (χ4n) is 0.970. The molecule has 76 valence electrons. The van der Waals surface area contributed by atoms with Gasteiger partial charge in [0.25, 0.3) is 0 Å². The van der Waals surface area contributed by atoms with Crippen molar-refractivity contribution in [3.05, 3.63) is 35.4 Å². The molecule has 0 aliphatic carbocycles. The molecule has 0 saturated carbocycles. The molecular formula is C11H15NO2. The molecule has 0 radical (unpaired) electrons. The Hall–Kier alpha value is -1.35. The lowest BCUT2D eigenvalue weighted by atomic mass is 10.2. The van der Waals surface area contributed by atoms with Crippen molar-refractivity contribution < 1.29 is 9.53 Å². The molecule has 1 unspecified atom stereocenters. The zero-order valence-corrected chi connectivity index (χ0v) is 8.49. The van der Waals surface area contributed by atoms with Gasteiger partial charge in [-0.2, -0.15) is 0 Å². The SMILES string of the molecule is Cc1ccc(COC(=O)C(C)N)cc1.